The molecule has 0 radical (unpaired) electrons. The summed E-state index contributed by atoms with van der Waals surface area (Å²) in [5, 5.41) is 9.45. The van der Waals surface area contributed by atoms with Crippen molar-refractivity contribution in [3.8, 4) is 17.1 Å². The molecule has 2 aliphatic rings. The molecule has 8 heteroatoms. The maximum atomic E-state index is 13.3. The summed E-state index contributed by atoms with van der Waals surface area (Å²) in [4.78, 5) is 15.2. The van der Waals surface area contributed by atoms with Gasteiger partial charge in [0.05, 0.1) is 25.0 Å². The number of hydrogen-bond acceptors (Lipinski definition) is 6. The average molecular weight is 465 g/mol. The number of thioether (sulfide) groups is 1. The van der Waals surface area contributed by atoms with Crippen molar-refractivity contribution in [1.29, 1.82) is 0 Å². The molecule has 0 N–H and O–H groups in total. The van der Waals surface area contributed by atoms with E-state index in [0.717, 1.165) is 60.4 Å². The van der Waals surface area contributed by atoms with Crippen LogP contribution in [-0.2, 0) is 22.5 Å². The van der Waals surface area contributed by atoms with Crippen LogP contribution < -0.4 is 9.64 Å². The van der Waals surface area contributed by atoms with E-state index >= 15 is 0 Å². The Labute approximate surface area is 198 Å². The molecule has 1 aromatic heterocycles. The molecular weight excluding hydrogens is 436 g/mol. The maximum absolute atomic E-state index is 13.3. The summed E-state index contributed by atoms with van der Waals surface area (Å²) < 4.78 is 13.3. The molecule has 0 saturated carbocycles. The lowest BCUT2D eigenvalue weighted by molar-refractivity contribution is -0.117. The predicted octanol–water partition coefficient (Wildman–Crippen LogP) is 4.20. The van der Waals surface area contributed by atoms with Crippen molar-refractivity contribution in [3.63, 3.8) is 0 Å². The minimum atomic E-state index is -0.285. The molecule has 172 valence electrons. The molecule has 33 heavy (non-hydrogen) atoms. The average Bonchev–Trinajstić information content (AvgIpc) is 3.60. The Morgan fingerprint density at radius 2 is 2.03 bits per heavy atom. The number of aromatic nitrogens is 3. The van der Waals surface area contributed by atoms with Crippen LogP contribution in [0.2, 0.25) is 0 Å². The number of carbonyl (C=O) groups excluding carboxylic acids is 1. The smallest absolute Gasteiger partial charge is 0.240 e. The molecule has 2 unspecified atom stereocenters. The van der Waals surface area contributed by atoms with Crippen LogP contribution in [-0.4, -0.2) is 52.3 Å². The van der Waals surface area contributed by atoms with Gasteiger partial charge in [-0.2, -0.15) is 0 Å². The Kier molecular flexibility index (Phi) is 6.37. The highest BCUT2D eigenvalue weighted by atomic mass is 32.2. The molecule has 1 amide bonds. The van der Waals surface area contributed by atoms with Crippen molar-refractivity contribution in [2.75, 3.05) is 25.2 Å². The van der Waals surface area contributed by atoms with Gasteiger partial charge in [-0.15, -0.1) is 10.2 Å². The van der Waals surface area contributed by atoms with E-state index in [0.29, 0.717) is 6.54 Å². The Hall–Kier alpha value is -2.84. The lowest BCUT2D eigenvalue weighted by Gasteiger charge is -2.22. The minimum Gasteiger partial charge on any atom is -0.497 e. The summed E-state index contributed by atoms with van der Waals surface area (Å²) in [6.45, 7) is 4.13. The summed E-state index contributed by atoms with van der Waals surface area (Å²) in [5.41, 5.74) is 3.21. The predicted molar refractivity (Wildman–Crippen MR) is 129 cm³/mol. The Balaban J connectivity index is 1.39. The fourth-order valence-corrected chi connectivity index (χ4v) is 5.40. The zero-order valence-electron chi connectivity index (χ0n) is 18.9. The third-order valence-corrected chi connectivity index (χ3v) is 7.33. The number of amides is 1. The summed E-state index contributed by atoms with van der Waals surface area (Å²) in [6.07, 6.45) is 3.12. The van der Waals surface area contributed by atoms with Gasteiger partial charge in [-0.1, -0.05) is 30.0 Å². The monoisotopic (exact) mass is 464 g/mol. The van der Waals surface area contributed by atoms with E-state index in [1.165, 1.54) is 17.3 Å². The van der Waals surface area contributed by atoms with Crippen molar-refractivity contribution in [2.24, 2.45) is 0 Å². The molecule has 2 atom stereocenters. The summed E-state index contributed by atoms with van der Waals surface area (Å²) in [7, 11) is 1.65. The van der Waals surface area contributed by atoms with Gasteiger partial charge >= 0.3 is 0 Å². The van der Waals surface area contributed by atoms with Crippen molar-refractivity contribution >= 4 is 23.4 Å². The topological polar surface area (TPSA) is 69.5 Å². The number of hydrogen-bond donors (Lipinski definition) is 0. The Bertz CT molecular complexity index is 1120. The quantitative estimate of drug-likeness (QED) is 0.488. The summed E-state index contributed by atoms with van der Waals surface area (Å²) >= 11 is 1.46. The molecule has 3 heterocycles. The zero-order valence-corrected chi connectivity index (χ0v) is 19.8. The van der Waals surface area contributed by atoms with Gasteiger partial charge in [-0.25, -0.2) is 0 Å². The molecular formula is C25H28N4O3S. The van der Waals surface area contributed by atoms with Crippen molar-refractivity contribution in [2.45, 2.75) is 49.2 Å². The highest BCUT2D eigenvalue weighted by Crippen LogP contribution is 2.33. The van der Waals surface area contributed by atoms with Gasteiger partial charge in [0.1, 0.15) is 5.75 Å². The highest BCUT2D eigenvalue weighted by molar-refractivity contribution is 8.00. The first-order chi connectivity index (χ1) is 16.1. The number of carbonyl (C=O) groups is 1. The van der Waals surface area contributed by atoms with Crippen molar-refractivity contribution in [1.82, 2.24) is 14.8 Å². The van der Waals surface area contributed by atoms with Crippen LogP contribution in [0.25, 0.3) is 11.4 Å². The second-order valence-electron chi connectivity index (χ2n) is 8.41. The summed E-state index contributed by atoms with van der Waals surface area (Å²) in [5.74, 6) is 1.67. The first-order valence-electron chi connectivity index (χ1n) is 11.4. The number of anilines is 1. The molecule has 0 aliphatic carbocycles. The SMILES string of the molecule is COc1ccc(-c2nnc(SC(C)C(=O)N3CCc4ccccc43)n2CC2CCCO2)cc1. The molecule has 2 aliphatic heterocycles. The van der Waals surface area contributed by atoms with Gasteiger partial charge in [-0.05, 0) is 62.1 Å². The second kappa shape index (κ2) is 9.57. The number of nitrogens with zero attached hydrogens (tertiary/aromatic N) is 4. The first-order valence-corrected chi connectivity index (χ1v) is 12.3. The second-order valence-corrected chi connectivity index (χ2v) is 9.72. The molecule has 0 bridgehead atoms. The number of ether oxygens (including phenoxy) is 2. The number of para-hydroxylation sites is 1. The standard InChI is InChI=1S/C25H28N4O3S/c1-17(24(30)28-14-13-18-6-3-4-8-22(18)28)33-25-27-26-23(19-9-11-20(31-2)12-10-19)29(25)16-21-7-5-15-32-21/h3-4,6,8-12,17,21H,5,7,13-16H2,1-2H3. The molecule has 0 spiro atoms. The van der Waals surface area contributed by atoms with Gasteiger partial charge in [0.15, 0.2) is 11.0 Å². The molecule has 2 aromatic carbocycles. The fourth-order valence-electron chi connectivity index (χ4n) is 4.48. The van der Waals surface area contributed by atoms with Crippen LogP contribution in [0.1, 0.15) is 25.3 Å². The number of rotatable bonds is 7. The molecule has 7 nitrogen and oxygen atoms in total. The normalized spacial score (nSPS) is 18.4. The van der Waals surface area contributed by atoms with Crippen molar-refractivity contribution in [3.05, 3.63) is 54.1 Å². The largest absolute Gasteiger partial charge is 0.497 e. The van der Waals surface area contributed by atoms with Gasteiger partial charge in [0.25, 0.3) is 0 Å². The molecule has 1 saturated heterocycles. The van der Waals surface area contributed by atoms with Crippen LogP contribution in [0.3, 0.4) is 0 Å². The fraction of sp³-hybridized carbons (Fsp3) is 0.400. The Morgan fingerprint density at radius 1 is 1.21 bits per heavy atom. The van der Waals surface area contributed by atoms with E-state index < -0.39 is 0 Å². The number of methoxy groups -OCH3 is 1. The zero-order chi connectivity index (χ0) is 22.8. The Morgan fingerprint density at radius 3 is 2.79 bits per heavy atom. The molecule has 5 rings (SSSR count). The number of benzene rings is 2. The third kappa shape index (κ3) is 4.50. The third-order valence-electron chi connectivity index (χ3n) is 6.26. The van der Waals surface area contributed by atoms with Crippen molar-refractivity contribution < 1.29 is 14.3 Å². The van der Waals surface area contributed by atoms with E-state index in [-0.39, 0.29) is 17.3 Å². The van der Waals surface area contributed by atoms with E-state index in [4.69, 9.17) is 9.47 Å². The lowest BCUT2D eigenvalue weighted by Crippen LogP contribution is -2.35. The molecule has 3 aromatic rings. The van der Waals surface area contributed by atoms with Crippen LogP contribution in [0, 0.1) is 0 Å². The van der Waals surface area contributed by atoms with E-state index in [9.17, 15) is 4.79 Å². The van der Waals surface area contributed by atoms with Gasteiger partial charge in [0.2, 0.25) is 5.91 Å². The lowest BCUT2D eigenvalue weighted by atomic mass is 10.2. The minimum absolute atomic E-state index is 0.0996. The van der Waals surface area contributed by atoms with Crippen LogP contribution >= 0.6 is 11.8 Å². The van der Waals surface area contributed by atoms with E-state index in [1.54, 1.807) is 7.11 Å². The highest BCUT2D eigenvalue weighted by Gasteiger charge is 2.30. The molecule has 1 fully saturated rings. The summed E-state index contributed by atoms with van der Waals surface area (Å²) in [6, 6.07) is 16.0. The van der Waals surface area contributed by atoms with Gasteiger partial charge in [-0.3, -0.25) is 9.36 Å². The van der Waals surface area contributed by atoms with Gasteiger partial charge in [0, 0.05) is 24.4 Å². The van der Waals surface area contributed by atoms with E-state index in [1.807, 2.05) is 54.3 Å². The first kappa shape index (κ1) is 22.0. The van der Waals surface area contributed by atoms with Crippen LogP contribution in [0.15, 0.2) is 53.7 Å². The van der Waals surface area contributed by atoms with E-state index in [2.05, 4.69) is 20.8 Å². The number of fused-ring (bicyclic) bond motifs is 1. The van der Waals surface area contributed by atoms with Gasteiger partial charge < -0.3 is 14.4 Å². The van der Waals surface area contributed by atoms with Crippen LogP contribution in [0.4, 0.5) is 5.69 Å². The van der Waals surface area contributed by atoms with Crippen LogP contribution in [0.5, 0.6) is 5.75 Å². The maximum Gasteiger partial charge on any atom is 0.240 e.